The van der Waals surface area contributed by atoms with Crippen LogP contribution in [0.4, 0.5) is 4.39 Å². The Morgan fingerprint density at radius 1 is 1.17 bits per heavy atom. The van der Waals surface area contributed by atoms with Gasteiger partial charge in [0, 0.05) is 15.1 Å². The highest BCUT2D eigenvalue weighted by atomic mass is 79.9. The molecule has 18 heavy (non-hydrogen) atoms. The van der Waals surface area contributed by atoms with Gasteiger partial charge in [0.05, 0.1) is 6.04 Å². The van der Waals surface area contributed by atoms with Crippen molar-refractivity contribution in [3.8, 4) is 0 Å². The highest BCUT2D eigenvalue weighted by molar-refractivity contribution is 9.10. The van der Waals surface area contributed by atoms with Gasteiger partial charge in [0.25, 0.3) is 0 Å². The summed E-state index contributed by atoms with van der Waals surface area (Å²) in [4.78, 5) is 0. The number of rotatable bonds is 2. The van der Waals surface area contributed by atoms with Gasteiger partial charge in [-0.25, -0.2) is 4.39 Å². The summed E-state index contributed by atoms with van der Waals surface area (Å²) in [7, 11) is 0. The number of hydrogen-bond donors (Lipinski definition) is 1. The molecule has 2 aromatic carbocycles. The third-order valence-corrected chi connectivity index (χ3v) is 3.74. The van der Waals surface area contributed by atoms with Crippen LogP contribution in [0.25, 0.3) is 0 Å². The molecule has 1 nitrogen and oxygen atoms in total. The third-order valence-electron chi connectivity index (χ3n) is 2.78. The molecule has 0 aliphatic rings. The second-order valence-electron chi connectivity index (χ2n) is 4.17. The summed E-state index contributed by atoms with van der Waals surface area (Å²) in [5.74, 6) is -0.386. The molecule has 0 aromatic heterocycles. The lowest BCUT2D eigenvalue weighted by molar-refractivity contribution is 0.599. The summed E-state index contributed by atoms with van der Waals surface area (Å²) in [6.45, 7) is 1.97. The summed E-state index contributed by atoms with van der Waals surface area (Å²) in [6.07, 6.45) is 0. The maximum atomic E-state index is 13.8. The van der Waals surface area contributed by atoms with E-state index >= 15 is 0 Å². The van der Waals surface area contributed by atoms with Crippen LogP contribution in [0.3, 0.4) is 0 Å². The van der Waals surface area contributed by atoms with Gasteiger partial charge in [0.1, 0.15) is 5.82 Å². The molecule has 0 aliphatic heterocycles. The fourth-order valence-electron chi connectivity index (χ4n) is 1.82. The molecular formula is C14H12BrClFN. The van der Waals surface area contributed by atoms with E-state index in [0.29, 0.717) is 10.6 Å². The molecule has 1 unspecified atom stereocenters. The van der Waals surface area contributed by atoms with Crippen LogP contribution in [0.1, 0.15) is 22.7 Å². The Labute approximate surface area is 119 Å². The van der Waals surface area contributed by atoms with Crippen LogP contribution in [0.15, 0.2) is 40.9 Å². The van der Waals surface area contributed by atoms with Gasteiger partial charge in [-0.2, -0.15) is 0 Å². The molecule has 0 saturated heterocycles. The number of nitrogens with two attached hydrogens (primary N) is 1. The van der Waals surface area contributed by atoms with Crippen LogP contribution < -0.4 is 5.73 Å². The molecular weight excluding hydrogens is 317 g/mol. The number of halogens is 3. The lowest BCUT2D eigenvalue weighted by atomic mass is 9.98. The van der Waals surface area contributed by atoms with Gasteiger partial charge in [-0.1, -0.05) is 51.3 Å². The van der Waals surface area contributed by atoms with Crippen molar-refractivity contribution < 1.29 is 4.39 Å². The number of hydrogen-bond acceptors (Lipinski definition) is 1. The normalized spacial score (nSPS) is 12.5. The number of benzene rings is 2. The van der Waals surface area contributed by atoms with Crippen LogP contribution in [0.5, 0.6) is 0 Å². The van der Waals surface area contributed by atoms with E-state index in [0.717, 1.165) is 15.6 Å². The predicted octanol–water partition coefficient (Wildman–Crippen LogP) is 4.60. The summed E-state index contributed by atoms with van der Waals surface area (Å²) in [5.41, 5.74) is 8.50. The van der Waals surface area contributed by atoms with E-state index in [1.54, 1.807) is 12.1 Å². The molecule has 2 rings (SSSR count). The van der Waals surface area contributed by atoms with Crippen LogP contribution in [-0.4, -0.2) is 0 Å². The van der Waals surface area contributed by atoms with Gasteiger partial charge in [-0.3, -0.25) is 0 Å². The minimum atomic E-state index is -0.517. The quantitative estimate of drug-likeness (QED) is 0.856. The lowest BCUT2D eigenvalue weighted by Crippen LogP contribution is -2.14. The van der Waals surface area contributed by atoms with Crippen molar-refractivity contribution in [2.24, 2.45) is 5.73 Å². The number of aryl methyl sites for hydroxylation is 1. The van der Waals surface area contributed by atoms with Gasteiger partial charge in [-0.15, -0.1) is 0 Å². The first-order chi connectivity index (χ1) is 8.49. The second kappa shape index (κ2) is 5.39. The van der Waals surface area contributed by atoms with Crippen LogP contribution in [0, 0.1) is 12.7 Å². The molecule has 2 aromatic rings. The second-order valence-corrected chi connectivity index (χ2v) is 5.46. The Morgan fingerprint density at radius 2 is 1.89 bits per heavy atom. The van der Waals surface area contributed by atoms with E-state index in [-0.39, 0.29) is 5.82 Å². The van der Waals surface area contributed by atoms with E-state index in [9.17, 15) is 4.39 Å². The van der Waals surface area contributed by atoms with Crippen molar-refractivity contribution in [3.05, 3.63) is 68.4 Å². The Hall–Kier alpha value is -0.900. The van der Waals surface area contributed by atoms with Gasteiger partial charge in [0.2, 0.25) is 0 Å². The smallest absolute Gasteiger partial charge is 0.129 e. The highest BCUT2D eigenvalue weighted by Gasteiger charge is 2.16. The highest BCUT2D eigenvalue weighted by Crippen LogP contribution is 2.30. The van der Waals surface area contributed by atoms with Crippen molar-refractivity contribution in [2.45, 2.75) is 13.0 Å². The fourth-order valence-corrected chi connectivity index (χ4v) is 2.47. The molecule has 0 aliphatic carbocycles. The van der Waals surface area contributed by atoms with Gasteiger partial charge < -0.3 is 5.73 Å². The van der Waals surface area contributed by atoms with Crippen molar-refractivity contribution in [2.75, 3.05) is 0 Å². The minimum Gasteiger partial charge on any atom is -0.320 e. The van der Waals surface area contributed by atoms with Crippen LogP contribution >= 0.6 is 27.5 Å². The molecule has 0 spiro atoms. The topological polar surface area (TPSA) is 26.0 Å². The van der Waals surface area contributed by atoms with E-state index in [2.05, 4.69) is 15.9 Å². The van der Waals surface area contributed by atoms with E-state index < -0.39 is 6.04 Å². The molecule has 2 N–H and O–H groups in total. The fraction of sp³-hybridized carbons (Fsp3) is 0.143. The van der Waals surface area contributed by atoms with Gasteiger partial charge >= 0.3 is 0 Å². The Morgan fingerprint density at radius 3 is 2.56 bits per heavy atom. The van der Waals surface area contributed by atoms with E-state index in [1.165, 1.54) is 6.07 Å². The minimum absolute atomic E-state index is 0.367. The van der Waals surface area contributed by atoms with Gasteiger partial charge in [0.15, 0.2) is 0 Å². The Balaban J connectivity index is 2.47. The molecule has 0 bridgehead atoms. The largest absolute Gasteiger partial charge is 0.320 e. The van der Waals surface area contributed by atoms with Crippen LogP contribution in [-0.2, 0) is 0 Å². The molecule has 0 amide bonds. The van der Waals surface area contributed by atoms with Crippen LogP contribution in [0.2, 0.25) is 5.02 Å². The zero-order valence-electron chi connectivity index (χ0n) is 9.75. The molecule has 0 heterocycles. The zero-order chi connectivity index (χ0) is 13.3. The first-order valence-corrected chi connectivity index (χ1v) is 6.62. The SMILES string of the molecule is Cc1ccc(Br)c(C(N)c2ccc(Cl)cc2F)c1. The monoisotopic (exact) mass is 327 g/mol. The Kier molecular flexibility index (Phi) is 4.05. The lowest BCUT2D eigenvalue weighted by Gasteiger charge is -2.16. The predicted molar refractivity (Wildman–Crippen MR) is 76.3 cm³/mol. The molecule has 0 saturated carbocycles. The molecule has 0 fully saturated rings. The van der Waals surface area contributed by atoms with Crippen molar-refractivity contribution in [1.29, 1.82) is 0 Å². The maximum Gasteiger partial charge on any atom is 0.129 e. The van der Waals surface area contributed by atoms with E-state index in [4.69, 9.17) is 17.3 Å². The summed E-state index contributed by atoms with van der Waals surface area (Å²) < 4.78 is 14.7. The zero-order valence-corrected chi connectivity index (χ0v) is 12.1. The van der Waals surface area contributed by atoms with Crippen molar-refractivity contribution in [3.63, 3.8) is 0 Å². The van der Waals surface area contributed by atoms with Gasteiger partial charge in [-0.05, 0) is 30.7 Å². The molecule has 1 atom stereocenters. The third kappa shape index (κ3) is 2.74. The average Bonchev–Trinajstić information content (AvgIpc) is 2.31. The van der Waals surface area contributed by atoms with Crippen molar-refractivity contribution >= 4 is 27.5 Å². The first kappa shape index (κ1) is 13.5. The molecule has 4 heteroatoms. The summed E-state index contributed by atoms with van der Waals surface area (Å²) in [6, 6.07) is 9.86. The average molecular weight is 329 g/mol. The molecule has 94 valence electrons. The first-order valence-electron chi connectivity index (χ1n) is 5.45. The van der Waals surface area contributed by atoms with Crippen molar-refractivity contribution in [1.82, 2.24) is 0 Å². The Bertz CT molecular complexity index is 586. The van der Waals surface area contributed by atoms with E-state index in [1.807, 2.05) is 25.1 Å². The standard InChI is InChI=1S/C14H12BrClFN/c1-8-2-5-12(15)11(6-8)14(18)10-4-3-9(16)7-13(10)17/h2-7,14H,18H2,1H3. The molecule has 0 radical (unpaired) electrons. The summed E-state index contributed by atoms with van der Waals surface area (Å²) in [5, 5.41) is 0.367. The maximum absolute atomic E-state index is 13.8. The summed E-state index contributed by atoms with van der Waals surface area (Å²) >= 11 is 9.17.